The van der Waals surface area contributed by atoms with Crippen LogP contribution in [0.15, 0.2) is 0 Å². The number of carbonyl (C=O) groups is 28. The summed E-state index contributed by atoms with van der Waals surface area (Å²) < 4.78 is 0. The lowest BCUT2D eigenvalue weighted by Gasteiger charge is -2.09. The summed E-state index contributed by atoms with van der Waals surface area (Å²) in [6, 6.07) is -2.87. The average molecular weight is 2160 g/mol. The predicted molar refractivity (Wildman–Crippen MR) is 556 cm³/mol. The van der Waals surface area contributed by atoms with Gasteiger partial charge in [-0.3, -0.25) is 134 Å². The van der Waals surface area contributed by atoms with Gasteiger partial charge in [0, 0.05) is 91.4 Å². The molecule has 0 aromatic rings. The minimum atomic E-state index is -1.11. The van der Waals surface area contributed by atoms with Crippen LogP contribution in [0.4, 0.5) is 0 Å². The molecule has 149 heavy (non-hydrogen) atoms. The molecule has 0 saturated heterocycles. The molecule has 0 rings (SSSR count). The molecule has 872 valence electrons. The van der Waals surface area contributed by atoms with Crippen molar-refractivity contribution in [3.63, 3.8) is 0 Å². The van der Waals surface area contributed by atoms with Gasteiger partial charge in [0.25, 0.3) is 0 Å². The zero-order chi connectivity index (χ0) is 123. The van der Waals surface area contributed by atoms with Crippen molar-refractivity contribution >= 4 is 163 Å². The number of rotatable bonds is 51. The standard InChI is InChI=1S/2C7H15NO.C7H12O2.3C6H11NO3.2C6H13NO.3C6H10O4.C6H8O4.C6H10O2.3C5H10O2.C5H8O2/c2*1-5(2)4-7(8)6(3)9;1-5(2)4-7(9)6(3)8;3*1-4(8)5(7)2-3-6(9)10;2*1-4(2)6(7)5(3)8;4*1-4(7)5(8)2-3-6(9)10;1-4(2)6(8)5(3)7;4*1-3-5(7)4(2)6/h2*5,7H,4,8H2,1-3H3;5H,4H2,1-3H3;3*5H,2-3,7H2,1H3,(H,9,10);2*4,6H,7H2,1-3H3;3*5,8H,2-3H2,1H3,(H,9,10);2-3H2,1H3,(H,9,10);4H,1-3H3;3*5,7H,3H2,1-2H3;3H2,1-2H3/t7-;;;2*5-;;6-;;2*5-;;;;2*5-;;/m0..10.0.10...10../s1. The third-order valence-corrected chi connectivity index (χ3v) is 17.8. The average Bonchev–Trinajstić information content (AvgIpc) is 0.979. The Morgan fingerprint density at radius 1 is 0.208 bits per heavy atom. The number of ketones is 21. The molecule has 48 nitrogen and oxygen atoms in total. The topological polar surface area (TPSA) is 923 Å². The normalized spacial score (nSPS) is 12.3. The fourth-order valence-corrected chi connectivity index (χ4v) is 7.55. The quantitative estimate of drug-likeness (QED) is 0.0343. The number of hydrogen-bond donors (Lipinski definition) is 20. The number of aliphatic hydroxyl groups is 6. The number of aliphatic hydroxyl groups excluding tert-OH is 6. The molecular weight excluding hydrogens is 1970 g/mol. The van der Waals surface area contributed by atoms with Gasteiger partial charge in [-0.25, -0.2) is 0 Å². The van der Waals surface area contributed by atoms with Crippen LogP contribution in [0, 0.1) is 35.5 Å². The molecule has 0 aliphatic heterocycles. The number of carboxylic acids is 7. The van der Waals surface area contributed by atoms with Gasteiger partial charge in [-0.1, -0.05) is 111 Å². The Morgan fingerprint density at radius 2 is 0.396 bits per heavy atom. The van der Waals surface area contributed by atoms with Crippen LogP contribution in [0.1, 0.15) is 363 Å². The Balaban J connectivity index is -0.0000000830. The lowest BCUT2D eigenvalue weighted by molar-refractivity contribution is -0.140. The summed E-state index contributed by atoms with van der Waals surface area (Å²) in [4.78, 5) is 287. The van der Waals surface area contributed by atoms with Crippen molar-refractivity contribution in [2.45, 2.75) is 442 Å². The second-order valence-electron chi connectivity index (χ2n) is 35.5. The van der Waals surface area contributed by atoms with Crippen LogP contribution < -0.4 is 40.1 Å². The lowest BCUT2D eigenvalue weighted by atomic mass is 10.0. The van der Waals surface area contributed by atoms with E-state index in [-0.39, 0.29) is 242 Å². The van der Waals surface area contributed by atoms with Gasteiger partial charge in [0.2, 0.25) is 5.78 Å². The summed E-state index contributed by atoms with van der Waals surface area (Å²) in [7, 11) is 0. The molecule has 5 unspecified atom stereocenters. The Hall–Kier alpha value is -11.2. The van der Waals surface area contributed by atoms with Crippen LogP contribution in [0.25, 0.3) is 0 Å². The van der Waals surface area contributed by atoms with Crippen molar-refractivity contribution < 1.29 is 201 Å². The number of aliphatic carboxylic acids is 7. The highest BCUT2D eigenvalue weighted by molar-refractivity contribution is 6.37. The van der Waals surface area contributed by atoms with Gasteiger partial charge in [-0.15, -0.1) is 0 Å². The van der Waals surface area contributed by atoms with Gasteiger partial charge in [0.05, 0.1) is 48.7 Å². The van der Waals surface area contributed by atoms with Crippen molar-refractivity contribution in [3.05, 3.63) is 0 Å². The van der Waals surface area contributed by atoms with Crippen LogP contribution in [-0.4, -0.2) is 309 Å². The molecule has 0 aliphatic rings. The van der Waals surface area contributed by atoms with Crippen LogP contribution in [0.3, 0.4) is 0 Å². The Kier molecular flexibility index (Phi) is 132. The van der Waals surface area contributed by atoms with E-state index in [0.29, 0.717) is 49.9 Å². The third kappa shape index (κ3) is 162. The first-order chi connectivity index (χ1) is 67.2. The summed E-state index contributed by atoms with van der Waals surface area (Å²) >= 11 is 0. The van der Waals surface area contributed by atoms with Gasteiger partial charge in [0.1, 0.15) is 77.1 Å². The molecule has 27 N–H and O–H groups in total. The summed E-state index contributed by atoms with van der Waals surface area (Å²) in [6.07, 6.45) is -2.05. The lowest BCUT2D eigenvalue weighted by Crippen LogP contribution is -2.33. The number of nitrogens with two attached hydrogens (primary N) is 7. The van der Waals surface area contributed by atoms with Crippen molar-refractivity contribution in [2.24, 2.45) is 75.6 Å². The molecule has 0 aromatic carbocycles. The number of Topliss-reactive ketones (excluding diaryl/α,β-unsaturated/α-hetero) is 21. The fraction of sp³-hybridized carbons (Fsp3) is 0.723. The van der Waals surface area contributed by atoms with E-state index in [9.17, 15) is 134 Å². The zero-order valence-electron chi connectivity index (χ0n) is 94.1. The summed E-state index contributed by atoms with van der Waals surface area (Å²) in [5.74, 6) is -9.96. The number of carboxylic acid groups (broad SMARTS) is 7. The summed E-state index contributed by atoms with van der Waals surface area (Å²) in [5.41, 5.74) is 37.5. The van der Waals surface area contributed by atoms with E-state index < -0.39 is 108 Å². The van der Waals surface area contributed by atoms with Crippen molar-refractivity contribution in [1.29, 1.82) is 0 Å². The largest absolute Gasteiger partial charge is 0.481 e. The van der Waals surface area contributed by atoms with Gasteiger partial charge in [0.15, 0.2) is 75.2 Å². The van der Waals surface area contributed by atoms with Crippen molar-refractivity contribution in [3.8, 4) is 0 Å². The molecule has 0 aromatic heterocycles. The minimum absolute atomic E-state index is 0.00463. The first-order valence-corrected chi connectivity index (χ1v) is 47.9. The van der Waals surface area contributed by atoms with Crippen LogP contribution in [-0.2, 0) is 134 Å². The molecule has 0 bridgehead atoms. The maximum absolute atomic E-state index is 10.6. The van der Waals surface area contributed by atoms with E-state index in [4.69, 9.17) is 107 Å². The Bertz CT molecular complexity index is 3590. The van der Waals surface area contributed by atoms with E-state index in [2.05, 4.69) is 27.7 Å². The van der Waals surface area contributed by atoms with Gasteiger partial charge >= 0.3 is 41.8 Å². The fourth-order valence-electron chi connectivity index (χ4n) is 7.55. The SMILES string of the molecule is CC(=O)C(=O)C(C)C.CC(=O)C(=O)CC(C)C.CC(=O)C(=O)CCC(=O)O.CC(=O)C(N)C(C)C.CC(=O)C(N)CC(C)C.CC(=O)C(N)CCC(=O)O.CC(=O)C(O)CCC(=O)O.CC(=O)[C@@H](N)C(C)C.CC(=O)[C@@H](N)CC(C)C.CC(=O)[C@@H](N)CCC(=O)O.CC(=O)[C@@H](O)CCC(=O)O.CC(=O)[C@H](N)CCC(=O)O.CC(=O)[C@H](O)CCC(=O)O.CCC(=O)C(C)=O.CCC(O)C(C)=O.CC[C@@H](O)C(C)=O.CC[C@H](O)C(C)=O. The second kappa shape index (κ2) is 111. The van der Waals surface area contributed by atoms with E-state index in [1.54, 1.807) is 41.5 Å². The molecule has 0 radical (unpaired) electrons. The maximum atomic E-state index is 10.6. The van der Waals surface area contributed by atoms with Crippen molar-refractivity contribution in [1.82, 2.24) is 0 Å². The van der Waals surface area contributed by atoms with Gasteiger partial charge in [-0.05, 0) is 190 Å². The third-order valence-electron chi connectivity index (χ3n) is 17.8. The maximum Gasteiger partial charge on any atom is 0.303 e. The molecular formula is C101H187N7O41. The Morgan fingerprint density at radius 3 is 0.470 bits per heavy atom. The highest BCUT2D eigenvalue weighted by Gasteiger charge is 2.20. The molecule has 0 saturated carbocycles. The zero-order valence-corrected chi connectivity index (χ0v) is 94.1. The van der Waals surface area contributed by atoms with Crippen LogP contribution in [0.2, 0.25) is 0 Å². The van der Waals surface area contributed by atoms with E-state index in [1.807, 2.05) is 41.5 Å². The second-order valence-corrected chi connectivity index (χ2v) is 35.5. The predicted octanol–water partition coefficient (Wildman–Crippen LogP) is 5.31. The van der Waals surface area contributed by atoms with Gasteiger partial charge < -0.3 is 107 Å². The molecule has 13 atom stereocenters. The molecule has 0 fully saturated rings. The molecule has 0 heterocycles. The Labute approximate surface area is 878 Å². The van der Waals surface area contributed by atoms with Gasteiger partial charge in [-0.2, -0.15) is 0 Å². The minimum Gasteiger partial charge on any atom is -0.481 e. The highest BCUT2D eigenvalue weighted by Crippen LogP contribution is 2.07. The first-order valence-electron chi connectivity index (χ1n) is 47.9. The monoisotopic (exact) mass is 2150 g/mol. The molecule has 0 aliphatic carbocycles. The van der Waals surface area contributed by atoms with Crippen LogP contribution in [0.5, 0.6) is 0 Å². The number of carbonyl (C=O) groups excluding carboxylic acids is 21. The molecule has 48 heteroatoms. The summed E-state index contributed by atoms with van der Waals surface area (Å²) in [6.45, 7) is 53.2. The first kappa shape index (κ1) is 177. The van der Waals surface area contributed by atoms with E-state index in [0.717, 1.165) is 19.8 Å². The molecule has 0 amide bonds. The summed E-state index contributed by atoms with van der Waals surface area (Å²) in [5, 5.41) is 109. The number of hydrogen-bond acceptors (Lipinski definition) is 41. The smallest absolute Gasteiger partial charge is 0.303 e. The molecule has 0 spiro atoms. The van der Waals surface area contributed by atoms with Crippen LogP contribution >= 0.6 is 0 Å². The van der Waals surface area contributed by atoms with E-state index >= 15 is 0 Å². The van der Waals surface area contributed by atoms with Crippen molar-refractivity contribution in [2.75, 3.05) is 0 Å². The van der Waals surface area contributed by atoms with E-state index in [1.165, 1.54) is 111 Å². The highest BCUT2D eigenvalue weighted by atomic mass is 16.4.